The molecule has 1 aromatic carbocycles. The molecule has 0 aromatic heterocycles. The number of halogens is 2. The summed E-state index contributed by atoms with van der Waals surface area (Å²) in [6, 6.07) is 2.39. The first-order valence-corrected chi connectivity index (χ1v) is 7.19. The van der Waals surface area contributed by atoms with Gasteiger partial charge in [-0.1, -0.05) is 0 Å². The predicted molar refractivity (Wildman–Crippen MR) is 68.5 cm³/mol. The molecule has 18 heavy (non-hydrogen) atoms. The lowest BCUT2D eigenvalue weighted by atomic mass is 10.2. The molecule has 100 valence electrons. The Kier molecular flexibility index (Phi) is 4.33. The van der Waals surface area contributed by atoms with Crippen molar-refractivity contribution < 1.29 is 22.7 Å². The molecular formula is C10H11BrFNO4S. The third kappa shape index (κ3) is 3.20. The number of rotatable bonds is 4. The molecule has 0 amide bonds. The third-order valence-electron chi connectivity index (χ3n) is 2.33. The van der Waals surface area contributed by atoms with Crippen molar-refractivity contribution >= 4 is 37.6 Å². The number of aryl methyl sites for hydroxylation is 1. The average Bonchev–Trinajstić information content (AvgIpc) is 2.24. The Labute approximate surface area is 112 Å². The van der Waals surface area contributed by atoms with Crippen LogP contribution in [0.4, 0.5) is 10.1 Å². The number of carboxylic acids is 1. The van der Waals surface area contributed by atoms with Crippen LogP contribution in [0.1, 0.15) is 12.5 Å². The Bertz CT molecular complexity index is 588. The second-order valence-corrected chi connectivity index (χ2v) is 6.56. The number of hydrogen-bond donors (Lipinski definition) is 2. The van der Waals surface area contributed by atoms with Crippen LogP contribution >= 0.6 is 15.9 Å². The van der Waals surface area contributed by atoms with E-state index in [-0.39, 0.29) is 10.2 Å². The van der Waals surface area contributed by atoms with E-state index < -0.39 is 27.1 Å². The van der Waals surface area contributed by atoms with Gasteiger partial charge >= 0.3 is 5.97 Å². The molecular weight excluding hydrogens is 329 g/mol. The fourth-order valence-electron chi connectivity index (χ4n) is 1.13. The van der Waals surface area contributed by atoms with Gasteiger partial charge in [0.2, 0.25) is 10.0 Å². The lowest BCUT2D eigenvalue weighted by molar-refractivity contribution is -0.136. The predicted octanol–water partition coefficient (Wildman–Crippen LogP) is 2.11. The molecule has 0 heterocycles. The van der Waals surface area contributed by atoms with Gasteiger partial charge in [-0.3, -0.25) is 9.52 Å². The van der Waals surface area contributed by atoms with Gasteiger partial charge < -0.3 is 5.11 Å². The van der Waals surface area contributed by atoms with Crippen molar-refractivity contribution in [1.29, 1.82) is 0 Å². The van der Waals surface area contributed by atoms with Crippen LogP contribution in [0.3, 0.4) is 0 Å². The SMILES string of the molecule is Cc1cc(Br)c(F)cc1NS(=O)(=O)C(C)C(=O)O. The van der Waals surface area contributed by atoms with Crippen molar-refractivity contribution in [3.8, 4) is 0 Å². The minimum Gasteiger partial charge on any atom is -0.480 e. The summed E-state index contributed by atoms with van der Waals surface area (Å²) in [5.41, 5.74) is 0.494. The molecule has 0 radical (unpaired) electrons. The van der Waals surface area contributed by atoms with Crippen molar-refractivity contribution in [2.45, 2.75) is 19.1 Å². The third-order valence-corrected chi connectivity index (χ3v) is 4.58. The zero-order valence-electron chi connectivity index (χ0n) is 9.57. The van der Waals surface area contributed by atoms with Gasteiger partial charge in [-0.15, -0.1) is 0 Å². The number of nitrogens with one attached hydrogen (secondary N) is 1. The Morgan fingerprint density at radius 3 is 2.56 bits per heavy atom. The van der Waals surface area contributed by atoms with Crippen LogP contribution in [0.2, 0.25) is 0 Å². The van der Waals surface area contributed by atoms with Crippen molar-refractivity contribution in [3.05, 3.63) is 28.0 Å². The normalized spacial score (nSPS) is 13.1. The fourth-order valence-corrected chi connectivity index (χ4v) is 2.56. The van der Waals surface area contributed by atoms with Crippen LogP contribution in [-0.4, -0.2) is 24.7 Å². The molecule has 1 aromatic rings. The lowest BCUT2D eigenvalue weighted by Crippen LogP contribution is -2.32. The molecule has 1 rings (SSSR count). The number of anilines is 1. The number of hydrogen-bond acceptors (Lipinski definition) is 3. The zero-order chi connectivity index (χ0) is 14.1. The Hall–Kier alpha value is -1.15. The van der Waals surface area contributed by atoms with Crippen LogP contribution in [-0.2, 0) is 14.8 Å². The highest BCUT2D eigenvalue weighted by molar-refractivity contribution is 9.10. The summed E-state index contributed by atoms with van der Waals surface area (Å²) in [6.45, 7) is 2.61. The number of sulfonamides is 1. The fraction of sp³-hybridized carbons (Fsp3) is 0.300. The van der Waals surface area contributed by atoms with Gasteiger partial charge in [0.05, 0.1) is 10.2 Å². The van der Waals surface area contributed by atoms with Crippen LogP contribution in [0.5, 0.6) is 0 Å². The molecule has 0 fully saturated rings. The van der Waals surface area contributed by atoms with Crippen molar-refractivity contribution in [3.63, 3.8) is 0 Å². The Balaban J connectivity index is 3.13. The monoisotopic (exact) mass is 339 g/mol. The molecule has 8 heteroatoms. The molecule has 0 aliphatic heterocycles. The van der Waals surface area contributed by atoms with E-state index in [0.717, 1.165) is 13.0 Å². The van der Waals surface area contributed by atoms with Gasteiger partial charge in [0.25, 0.3) is 0 Å². The largest absolute Gasteiger partial charge is 0.480 e. The first-order valence-electron chi connectivity index (χ1n) is 4.85. The molecule has 0 aliphatic rings. The molecule has 0 saturated carbocycles. The molecule has 0 aliphatic carbocycles. The van der Waals surface area contributed by atoms with Gasteiger partial charge in [-0.05, 0) is 47.5 Å². The van der Waals surface area contributed by atoms with Gasteiger partial charge in [0, 0.05) is 0 Å². The standard InChI is InChI=1S/C10H11BrFNO4S/c1-5-3-7(11)8(12)4-9(5)13-18(16,17)6(2)10(14)15/h3-4,6,13H,1-2H3,(H,14,15). The van der Waals surface area contributed by atoms with E-state index in [1.807, 2.05) is 0 Å². The maximum absolute atomic E-state index is 13.3. The maximum atomic E-state index is 13.3. The molecule has 1 atom stereocenters. The summed E-state index contributed by atoms with van der Waals surface area (Å²) < 4.78 is 38.9. The number of carboxylic acid groups (broad SMARTS) is 1. The van der Waals surface area contributed by atoms with Crippen molar-refractivity contribution in [2.24, 2.45) is 0 Å². The highest BCUT2D eigenvalue weighted by atomic mass is 79.9. The van der Waals surface area contributed by atoms with E-state index in [0.29, 0.717) is 5.56 Å². The number of benzene rings is 1. The zero-order valence-corrected chi connectivity index (χ0v) is 12.0. The first kappa shape index (κ1) is 14.9. The minimum atomic E-state index is -4.10. The van der Waals surface area contributed by atoms with Gasteiger partial charge in [-0.2, -0.15) is 0 Å². The number of carbonyl (C=O) groups is 1. The highest BCUT2D eigenvalue weighted by Gasteiger charge is 2.28. The lowest BCUT2D eigenvalue weighted by Gasteiger charge is -2.13. The molecule has 0 spiro atoms. The first-order chi connectivity index (χ1) is 8.15. The highest BCUT2D eigenvalue weighted by Crippen LogP contribution is 2.25. The summed E-state index contributed by atoms with van der Waals surface area (Å²) in [6.07, 6.45) is 0. The van der Waals surface area contributed by atoms with Crippen molar-refractivity contribution in [2.75, 3.05) is 4.72 Å². The smallest absolute Gasteiger partial charge is 0.323 e. The van der Waals surface area contributed by atoms with E-state index in [1.54, 1.807) is 6.92 Å². The van der Waals surface area contributed by atoms with Crippen LogP contribution in [0, 0.1) is 12.7 Å². The van der Waals surface area contributed by atoms with E-state index in [1.165, 1.54) is 6.07 Å². The van der Waals surface area contributed by atoms with Gasteiger partial charge in [0.15, 0.2) is 5.25 Å². The topological polar surface area (TPSA) is 83.5 Å². The van der Waals surface area contributed by atoms with Crippen LogP contribution in [0.25, 0.3) is 0 Å². The molecule has 0 saturated heterocycles. The maximum Gasteiger partial charge on any atom is 0.323 e. The minimum absolute atomic E-state index is 0.0174. The van der Waals surface area contributed by atoms with E-state index in [9.17, 15) is 17.6 Å². The van der Waals surface area contributed by atoms with Crippen molar-refractivity contribution in [1.82, 2.24) is 0 Å². The van der Waals surface area contributed by atoms with Crippen LogP contribution < -0.4 is 4.72 Å². The summed E-state index contributed by atoms with van der Waals surface area (Å²) in [7, 11) is -4.10. The van der Waals surface area contributed by atoms with E-state index >= 15 is 0 Å². The second kappa shape index (κ2) is 5.23. The second-order valence-electron chi connectivity index (χ2n) is 3.71. The van der Waals surface area contributed by atoms with E-state index in [2.05, 4.69) is 20.7 Å². The average molecular weight is 340 g/mol. The van der Waals surface area contributed by atoms with Gasteiger partial charge in [-0.25, -0.2) is 12.8 Å². The summed E-state index contributed by atoms with van der Waals surface area (Å²) in [4.78, 5) is 10.6. The van der Waals surface area contributed by atoms with Gasteiger partial charge in [0.1, 0.15) is 5.82 Å². The summed E-state index contributed by atoms with van der Waals surface area (Å²) >= 11 is 2.97. The molecule has 1 unspecified atom stereocenters. The Morgan fingerprint density at radius 2 is 2.06 bits per heavy atom. The Morgan fingerprint density at radius 1 is 1.50 bits per heavy atom. The molecule has 0 bridgehead atoms. The quantitative estimate of drug-likeness (QED) is 0.879. The van der Waals surface area contributed by atoms with Crippen LogP contribution in [0.15, 0.2) is 16.6 Å². The summed E-state index contributed by atoms with van der Waals surface area (Å²) in [5, 5.41) is 7.04. The molecule has 2 N–H and O–H groups in total. The van der Waals surface area contributed by atoms with E-state index in [4.69, 9.17) is 5.11 Å². The molecule has 5 nitrogen and oxygen atoms in total. The number of aliphatic carboxylic acids is 1. The summed E-state index contributed by atoms with van der Waals surface area (Å²) in [5.74, 6) is -2.11.